The second-order valence-corrected chi connectivity index (χ2v) is 7.19. The van der Waals surface area contributed by atoms with Gasteiger partial charge in [0, 0.05) is 18.0 Å². The van der Waals surface area contributed by atoms with E-state index in [4.69, 9.17) is 4.42 Å². The zero-order valence-corrected chi connectivity index (χ0v) is 15.1. The first kappa shape index (κ1) is 17.2. The Labute approximate surface area is 144 Å². The number of fused-ring (bicyclic) bond motifs is 1. The van der Waals surface area contributed by atoms with Crippen molar-refractivity contribution in [3.05, 3.63) is 45.3 Å². The molecule has 24 heavy (non-hydrogen) atoms. The molecule has 130 valence electrons. The molecule has 3 rings (SSSR count). The fourth-order valence-electron chi connectivity index (χ4n) is 3.75. The third-order valence-electron chi connectivity index (χ3n) is 4.91. The highest BCUT2D eigenvalue weighted by Gasteiger charge is 2.13. The number of benzene rings is 1. The highest BCUT2D eigenvalue weighted by Crippen LogP contribution is 2.23. The molecule has 4 heteroatoms. The lowest BCUT2D eigenvalue weighted by molar-refractivity contribution is 0.275. The van der Waals surface area contributed by atoms with Crippen LogP contribution in [0.15, 0.2) is 27.4 Å². The Morgan fingerprint density at radius 1 is 1.17 bits per heavy atom. The van der Waals surface area contributed by atoms with E-state index in [1.165, 1.54) is 44.5 Å². The Morgan fingerprint density at radius 2 is 1.92 bits per heavy atom. The fraction of sp³-hybridized carbons (Fsp3) is 0.550. The number of nitrogens with zero attached hydrogens (tertiary/aromatic N) is 2. The lowest BCUT2D eigenvalue weighted by Crippen LogP contribution is -2.26. The van der Waals surface area contributed by atoms with Gasteiger partial charge in [0.2, 0.25) is 0 Å². The lowest BCUT2D eigenvalue weighted by Gasteiger charge is -2.20. The Hall–Kier alpha value is -1.65. The van der Waals surface area contributed by atoms with Crippen molar-refractivity contribution in [1.29, 1.82) is 0 Å². The molecular weight excluding hydrogens is 300 g/mol. The van der Waals surface area contributed by atoms with Crippen molar-refractivity contribution >= 4 is 11.0 Å². The van der Waals surface area contributed by atoms with Gasteiger partial charge in [-0.3, -0.25) is 0 Å². The lowest BCUT2D eigenvalue weighted by atomic mass is 10.0. The molecule has 1 aliphatic heterocycles. The van der Waals surface area contributed by atoms with Gasteiger partial charge in [-0.2, -0.15) is 0 Å². The van der Waals surface area contributed by atoms with Gasteiger partial charge in [0.05, 0.1) is 0 Å². The van der Waals surface area contributed by atoms with Crippen molar-refractivity contribution in [2.75, 3.05) is 33.2 Å². The molecule has 2 aromatic rings. The molecule has 1 fully saturated rings. The zero-order chi connectivity index (χ0) is 17.1. The van der Waals surface area contributed by atoms with Gasteiger partial charge in [-0.25, -0.2) is 4.79 Å². The summed E-state index contributed by atoms with van der Waals surface area (Å²) >= 11 is 0. The van der Waals surface area contributed by atoms with Crippen LogP contribution in [0.3, 0.4) is 0 Å². The van der Waals surface area contributed by atoms with E-state index in [-0.39, 0.29) is 5.63 Å². The third-order valence-corrected chi connectivity index (χ3v) is 4.91. The minimum absolute atomic E-state index is 0.255. The first-order chi connectivity index (χ1) is 11.5. The van der Waals surface area contributed by atoms with Gasteiger partial charge < -0.3 is 14.2 Å². The second-order valence-electron chi connectivity index (χ2n) is 7.19. The average Bonchev–Trinajstić information content (AvgIpc) is 3.02. The van der Waals surface area contributed by atoms with E-state index in [9.17, 15) is 4.79 Å². The van der Waals surface area contributed by atoms with Crippen LogP contribution in [0.4, 0.5) is 0 Å². The molecule has 2 heterocycles. The smallest absolute Gasteiger partial charge is 0.336 e. The molecule has 0 unspecified atom stereocenters. The Balaban J connectivity index is 1.70. The van der Waals surface area contributed by atoms with E-state index < -0.39 is 0 Å². The molecule has 0 bridgehead atoms. The quantitative estimate of drug-likeness (QED) is 0.762. The summed E-state index contributed by atoms with van der Waals surface area (Å²) in [7, 11) is 2.13. The molecule has 1 aromatic carbocycles. The number of aryl methyl sites for hydroxylation is 2. The van der Waals surface area contributed by atoms with Crippen molar-refractivity contribution in [3.8, 4) is 0 Å². The SMILES string of the molecule is Cc1cc(C)c2oc(=O)cc(CN(C)CCCN3CCCC3)c2c1. The minimum Gasteiger partial charge on any atom is -0.422 e. The first-order valence-corrected chi connectivity index (χ1v) is 8.98. The summed E-state index contributed by atoms with van der Waals surface area (Å²) in [4.78, 5) is 16.8. The molecular formula is C20H28N2O2. The summed E-state index contributed by atoms with van der Waals surface area (Å²) in [5.41, 5.74) is 3.77. The van der Waals surface area contributed by atoms with Crippen molar-refractivity contribution in [2.45, 2.75) is 39.7 Å². The van der Waals surface area contributed by atoms with Gasteiger partial charge in [0.25, 0.3) is 0 Å². The molecule has 0 spiro atoms. The molecule has 0 saturated carbocycles. The predicted octanol–water partition coefficient (Wildman–Crippen LogP) is 3.33. The van der Waals surface area contributed by atoms with E-state index in [0.717, 1.165) is 35.2 Å². The van der Waals surface area contributed by atoms with Crippen LogP contribution in [-0.4, -0.2) is 43.0 Å². The molecule has 1 saturated heterocycles. The van der Waals surface area contributed by atoms with Crippen LogP contribution in [0.1, 0.15) is 36.0 Å². The van der Waals surface area contributed by atoms with Crippen molar-refractivity contribution in [3.63, 3.8) is 0 Å². The third kappa shape index (κ3) is 4.05. The zero-order valence-electron chi connectivity index (χ0n) is 15.1. The number of rotatable bonds is 6. The van der Waals surface area contributed by atoms with Crippen LogP contribution >= 0.6 is 0 Å². The van der Waals surface area contributed by atoms with Gasteiger partial charge in [-0.05, 0) is 89.1 Å². The van der Waals surface area contributed by atoms with Gasteiger partial charge in [-0.1, -0.05) is 6.07 Å². The molecule has 0 N–H and O–H groups in total. The minimum atomic E-state index is -0.255. The summed E-state index contributed by atoms with van der Waals surface area (Å²) in [5, 5.41) is 1.07. The van der Waals surface area contributed by atoms with Crippen LogP contribution < -0.4 is 5.63 Å². The molecule has 1 aliphatic rings. The molecule has 0 aliphatic carbocycles. The predicted molar refractivity (Wildman–Crippen MR) is 98.6 cm³/mol. The summed E-state index contributed by atoms with van der Waals surface area (Å²) in [5.74, 6) is 0. The average molecular weight is 328 g/mol. The topological polar surface area (TPSA) is 36.7 Å². The van der Waals surface area contributed by atoms with Gasteiger partial charge >= 0.3 is 5.63 Å². The van der Waals surface area contributed by atoms with Crippen molar-refractivity contribution in [1.82, 2.24) is 9.80 Å². The maximum absolute atomic E-state index is 11.9. The van der Waals surface area contributed by atoms with E-state index in [1.807, 2.05) is 6.92 Å². The Bertz CT molecular complexity index is 760. The van der Waals surface area contributed by atoms with E-state index in [1.54, 1.807) is 6.07 Å². The van der Waals surface area contributed by atoms with Crippen LogP contribution in [0.5, 0.6) is 0 Å². The summed E-state index contributed by atoms with van der Waals surface area (Å²) in [6.45, 7) is 9.61. The molecule has 4 nitrogen and oxygen atoms in total. The maximum Gasteiger partial charge on any atom is 0.336 e. The van der Waals surface area contributed by atoms with Crippen LogP contribution in [0.25, 0.3) is 11.0 Å². The summed E-state index contributed by atoms with van der Waals surface area (Å²) < 4.78 is 5.44. The standard InChI is InChI=1S/C20H28N2O2/c1-15-11-16(2)20-18(12-15)17(13-19(23)24-20)14-21(3)7-6-10-22-8-4-5-9-22/h11-13H,4-10,14H2,1-3H3. The van der Waals surface area contributed by atoms with E-state index in [0.29, 0.717) is 0 Å². The molecule has 0 amide bonds. The first-order valence-electron chi connectivity index (χ1n) is 8.98. The van der Waals surface area contributed by atoms with Crippen molar-refractivity contribution in [2.24, 2.45) is 0 Å². The van der Waals surface area contributed by atoms with E-state index in [2.05, 4.69) is 35.9 Å². The fourth-order valence-corrected chi connectivity index (χ4v) is 3.75. The number of likely N-dealkylation sites (tertiary alicyclic amines) is 1. The highest BCUT2D eigenvalue weighted by molar-refractivity contribution is 5.83. The second kappa shape index (κ2) is 7.49. The van der Waals surface area contributed by atoms with Gasteiger partial charge in [0.1, 0.15) is 5.58 Å². The number of hydrogen-bond donors (Lipinski definition) is 0. The largest absolute Gasteiger partial charge is 0.422 e. The maximum atomic E-state index is 11.9. The number of hydrogen-bond acceptors (Lipinski definition) is 4. The van der Waals surface area contributed by atoms with Crippen LogP contribution in [0.2, 0.25) is 0 Å². The molecule has 0 atom stereocenters. The van der Waals surface area contributed by atoms with Crippen LogP contribution in [-0.2, 0) is 6.54 Å². The Kier molecular flexibility index (Phi) is 5.36. The van der Waals surface area contributed by atoms with Crippen molar-refractivity contribution < 1.29 is 4.42 Å². The summed E-state index contributed by atoms with van der Waals surface area (Å²) in [6, 6.07) is 5.84. The Morgan fingerprint density at radius 3 is 2.67 bits per heavy atom. The van der Waals surface area contributed by atoms with E-state index >= 15 is 0 Å². The van der Waals surface area contributed by atoms with Gasteiger partial charge in [-0.15, -0.1) is 0 Å². The monoisotopic (exact) mass is 328 g/mol. The highest BCUT2D eigenvalue weighted by atomic mass is 16.4. The summed E-state index contributed by atoms with van der Waals surface area (Å²) in [6.07, 6.45) is 3.87. The van der Waals surface area contributed by atoms with Gasteiger partial charge in [0.15, 0.2) is 0 Å². The van der Waals surface area contributed by atoms with Crippen LogP contribution in [0, 0.1) is 13.8 Å². The molecule has 1 aromatic heterocycles. The molecule has 0 radical (unpaired) electrons. The normalized spacial score (nSPS) is 15.7.